The van der Waals surface area contributed by atoms with Crippen LogP contribution in [0.3, 0.4) is 0 Å². The van der Waals surface area contributed by atoms with E-state index in [-0.39, 0.29) is 18.3 Å². The van der Waals surface area contributed by atoms with Gasteiger partial charge in [0.2, 0.25) is 0 Å². The average molecular weight is 314 g/mol. The molecule has 0 saturated carbocycles. The third kappa shape index (κ3) is 4.71. The fraction of sp³-hybridized carbons (Fsp3) is 0.889. The lowest BCUT2D eigenvalue weighted by Gasteiger charge is -2.34. The Kier molecular flexibility index (Phi) is 4.93. The van der Waals surface area contributed by atoms with Crippen LogP contribution in [0.15, 0.2) is 0 Å². The molecule has 0 radical (unpaired) electrons. The van der Waals surface area contributed by atoms with E-state index in [4.69, 9.17) is 5.11 Å². The van der Waals surface area contributed by atoms with Crippen LogP contribution >= 0.6 is 0 Å². The molecule has 112 valence electrons. The van der Waals surface area contributed by atoms with Crippen molar-refractivity contribution in [2.75, 3.05) is 18.1 Å². The minimum Gasteiger partial charge on any atom is -0.481 e. The Morgan fingerprint density at radius 3 is 2.53 bits per heavy atom. The molecule has 0 spiro atoms. The Labute approximate surface area is 112 Å². The van der Waals surface area contributed by atoms with Crippen molar-refractivity contribution in [3.05, 3.63) is 0 Å². The highest BCUT2D eigenvalue weighted by atomic mass is 32.2. The van der Waals surface area contributed by atoms with Gasteiger partial charge in [0.05, 0.1) is 24.0 Å². The summed E-state index contributed by atoms with van der Waals surface area (Å²) >= 11 is 0. The van der Waals surface area contributed by atoms with E-state index < -0.39 is 44.2 Å². The van der Waals surface area contributed by atoms with Gasteiger partial charge in [-0.25, -0.2) is 8.42 Å². The van der Waals surface area contributed by atoms with E-state index in [1.807, 2.05) is 0 Å². The summed E-state index contributed by atoms with van der Waals surface area (Å²) in [5, 5.41) is 8.76. The van der Waals surface area contributed by atoms with E-state index in [0.717, 1.165) is 4.31 Å². The van der Waals surface area contributed by atoms with Crippen molar-refractivity contribution >= 4 is 26.0 Å². The van der Waals surface area contributed by atoms with Gasteiger partial charge in [0.15, 0.2) is 9.84 Å². The first-order valence-corrected chi connectivity index (χ1v) is 9.01. The minimum atomic E-state index is -3.87. The van der Waals surface area contributed by atoms with Crippen LogP contribution in [-0.4, -0.2) is 62.4 Å². The monoisotopic (exact) mass is 314 g/mol. The van der Waals surface area contributed by atoms with Gasteiger partial charge in [-0.2, -0.15) is 17.4 Å². The smallest absolute Gasteiger partial charge is 0.305 e. The van der Waals surface area contributed by atoms with Crippen molar-refractivity contribution in [1.29, 1.82) is 0 Å². The van der Waals surface area contributed by atoms with E-state index in [0.29, 0.717) is 0 Å². The van der Waals surface area contributed by atoms with Crippen LogP contribution in [0.2, 0.25) is 0 Å². The van der Waals surface area contributed by atoms with Gasteiger partial charge in [0.1, 0.15) is 0 Å². The van der Waals surface area contributed by atoms with Crippen LogP contribution in [0.4, 0.5) is 0 Å². The summed E-state index contributed by atoms with van der Waals surface area (Å²) in [7, 11) is -7.27. The number of nitrogens with one attached hydrogen (secondary N) is 1. The summed E-state index contributed by atoms with van der Waals surface area (Å²) < 4.78 is 50.3. The van der Waals surface area contributed by atoms with Crippen LogP contribution in [0.1, 0.15) is 20.3 Å². The summed E-state index contributed by atoms with van der Waals surface area (Å²) in [6, 6.07) is -1.42. The molecule has 1 aliphatic rings. The molecule has 19 heavy (non-hydrogen) atoms. The molecule has 1 fully saturated rings. The van der Waals surface area contributed by atoms with Crippen molar-refractivity contribution in [2.24, 2.45) is 0 Å². The normalized spacial score (nSPS) is 24.5. The Bertz CT molecular complexity index is 539. The second kappa shape index (κ2) is 5.73. The summed E-state index contributed by atoms with van der Waals surface area (Å²) in [5.74, 6) is -1.98. The summed E-state index contributed by atoms with van der Waals surface area (Å²) in [5.41, 5.74) is 0. The van der Waals surface area contributed by atoms with Crippen LogP contribution in [0.25, 0.3) is 0 Å². The Morgan fingerprint density at radius 1 is 1.47 bits per heavy atom. The maximum absolute atomic E-state index is 12.0. The number of aliphatic carboxylic acids is 1. The largest absolute Gasteiger partial charge is 0.481 e. The Hall–Kier alpha value is -0.710. The average Bonchev–Trinajstić information content (AvgIpc) is 2.11. The van der Waals surface area contributed by atoms with Gasteiger partial charge in [-0.15, -0.1) is 0 Å². The number of carbonyl (C=O) groups is 1. The van der Waals surface area contributed by atoms with Crippen molar-refractivity contribution in [1.82, 2.24) is 9.03 Å². The molecule has 0 aromatic rings. The lowest BCUT2D eigenvalue weighted by Crippen LogP contribution is -2.56. The van der Waals surface area contributed by atoms with Gasteiger partial charge in [0.25, 0.3) is 10.2 Å². The van der Waals surface area contributed by atoms with Crippen LogP contribution in [-0.2, 0) is 24.8 Å². The molecule has 10 heteroatoms. The first kappa shape index (κ1) is 16.3. The van der Waals surface area contributed by atoms with E-state index in [1.165, 1.54) is 0 Å². The Morgan fingerprint density at radius 2 is 2.05 bits per heavy atom. The first-order valence-electron chi connectivity index (χ1n) is 5.75. The zero-order valence-electron chi connectivity index (χ0n) is 10.7. The highest BCUT2D eigenvalue weighted by Gasteiger charge is 2.39. The van der Waals surface area contributed by atoms with Crippen LogP contribution in [0, 0.1) is 0 Å². The molecule has 1 heterocycles. The van der Waals surface area contributed by atoms with Crippen molar-refractivity contribution in [3.8, 4) is 0 Å². The number of hydrogen-bond donors (Lipinski definition) is 2. The molecule has 0 aromatic heterocycles. The maximum Gasteiger partial charge on any atom is 0.305 e. The molecule has 0 bridgehead atoms. The fourth-order valence-electron chi connectivity index (χ4n) is 1.92. The van der Waals surface area contributed by atoms with Crippen molar-refractivity contribution in [3.63, 3.8) is 0 Å². The number of sulfone groups is 1. The molecule has 1 aliphatic heterocycles. The van der Waals surface area contributed by atoms with Gasteiger partial charge in [-0.05, 0) is 13.8 Å². The SMILES string of the molecule is CC(C)NS(=O)(=O)N1CCS(=O)(=O)CC1CC(=O)O. The zero-order valence-corrected chi connectivity index (χ0v) is 12.4. The molecule has 1 atom stereocenters. The molecule has 1 rings (SSSR count). The summed E-state index contributed by atoms with van der Waals surface area (Å²) in [6.07, 6.45) is -0.530. The quantitative estimate of drug-likeness (QED) is 0.658. The van der Waals surface area contributed by atoms with Crippen molar-refractivity contribution in [2.45, 2.75) is 32.4 Å². The molecule has 0 aromatic carbocycles. The Balaban J connectivity index is 3.00. The number of nitrogens with zero attached hydrogens (tertiary/aromatic N) is 1. The van der Waals surface area contributed by atoms with E-state index >= 15 is 0 Å². The van der Waals surface area contributed by atoms with E-state index in [1.54, 1.807) is 13.8 Å². The molecular weight excluding hydrogens is 296 g/mol. The number of hydrogen-bond acceptors (Lipinski definition) is 5. The van der Waals surface area contributed by atoms with Gasteiger partial charge in [-0.1, -0.05) is 0 Å². The maximum atomic E-state index is 12.0. The molecule has 0 aliphatic carbocycles. The number of carboxylic acids is 1. The standard InChI is InChI=1S/C9H18N2O6S2/c1-7(2)10-19(16,17)11-3-4-18(14,15)6-8(11)5-9(12)13/h7-8,10H,3-6H2,1-2H3,(H,12,13). The van der Waals surface area contributed by atoms with Crippen LogP contribution < -0.4 is 4.72 Å². The van der Waals surface area contributed by atoms with E-state index in [2.05, 4.69) is 4.72 Å². The fourth-order valence-corrected chi connectivity index (χ4v) is 5.26. The summed E-state index contributed by atoms with van der Waals surface area (Å²) in [4.78, 5) is 10.7. The lowest BCUT2D eigenvalue weighted by atomic mass is 10.2. The molecule has 1 saturated heterocycles. The zero-order chi connectivity index (χ0) is 14.8. The second-order valence-electron chi connectivity index (χ2n) is 4.75. The van der Waals surface area contributed by atoms with Gasteiger partial charge in [0, 0.05) is 12.6 Å². The summed E-state index contributed by atoms with van der Waals surface area (Å²) in [6.45, 7) is 3.04. The predicted octanol–water partition coefficient (Wildman–Crippen LogP) is -1.20. The highest BCUT2D eigenvalue weighted by molar-refractivity contribution is 7.92. The molecule has 1 unspecified atom stereocenters. The third-order valence-corrected chi connectivity index (χ3v) is 6.14. The number of rotatable bonds is 5. The molecule has 2 N–H and O–H groups in total. The third-order valence-electron chi connectivity index (χ3n) is 2.58. The number of carboxylic acid groups (broad SMARTS) is 1. The molecule has 0 amide bonds. The van der Waals surface area contributed by atoms with Gasteiger partial charge >= 0.3 is 5.97 Å². The van der Waals surface area contributed by atoms with Gasteiger partial charge < -0.3 is 5.11 Å². The van der Waals surface area contributed by atoms with E-state index in [9.17, 15) is 21.6 Å². The van der Waals surface area contributed by atoms with Gasteiger partial charge in [-0.3, -0.25) is 4.79 Å². The first-order chi connectivity index (χ1) is 8.53. The second-order valence-corrected chi connectivity index (χ2v) is 8.64. The minimum absolute atomic E-state index is 0.220. The molecule has 8 nitrogen and oxygen atoms in total. The topological polar surface area (TPSA) is 121 Å². The molecular formula is C9H18N2O6S2. The predicted molar refractivity (Wildman–Crippen MR) is 68.6 cm³/mol. The lowest BCUT2D eigenvalue weighted by molar-refractivity contribution is -0.137. The van der Waals surface area contributed by atoms with Crippen molar-refractivity contribution < 1.29 is 26.7 Å². The highest BCUT2D eigenvalue weighted by Crippen LogP contribution is 2.18. The van der Waals surface area contributed by atoms with Crippen LogP contribution in [0.5, 0.6) is 0 Å².